The average Bonchev–Trinajstić information content (AvgIpc) is 3.27. The molecule has 0 aliphatic heterocycles. The number of methoxy groups -OCH3 is 1. The summed E-state index contributed by atoms with van der Waals surface area (Å²) in [5.41, 5.74) is 9.70. The molecule has 0 saturated carbocycles. The number of hydrogen-bond acceptors (Lipinski definition) is 6. The minimum Gasteiger partial charge on any atom is -0.493 e. The van der Waals surface area contributed by atoms with Gasteiger partial charge in [-0.05, 0) is 54.1 Å². The molecule has 0 amide bonds. The molecule has 4 aromatic rings. The molecule has 0 saturated heterocycles. The highest BCUT2D eigenvalue weighted by atomic mass is 35.5. The van der Waals surface area contributed by atoms with E-state index in [-0.39, 0.29) is 0 Å². The van der Waals surface area contributed by atoms with Crippen molar-refractivity contribution in [3.63, 3.8) is 0 Å². The van der Waals surface area contributed by atoms with Gasteiger partial charge in [0.25, 0.3) is 6.01 Å². The van der Waals surface area contributed by atoms with Gasteiger partial charge in [0.1, 0.15) is 6.61 Å². The Hall–Kier alpha value is -3.97. The van der Waals surface area contributed by atoms with Crippen LogP contribution >= 0.6 is 11.6 Å². The zero-order valence-corrected chi connectivity index (χ0v) is 18.1. The monoisotopic (exact) mass is 449 g/mol. The number of nitrogen functional groups attached to an aromatic ring is 1. The lowest BCUT2D eigenvalue weighted by Crippen LogP contribution is -2.30. The Morgan fingerprint density at radius 2 is 2.00 bits per heavy atom. The Kier molecular flexibility index (Phi) is 6.28. The van der Waals surface area contributed by atoms with Crippen molar-refractivity contribution in [1.29, 1.82) is 0 Å². The van der Waals surface area contributed by atoms with E-state index in [9.17, 15) is 0 Å². The summed E-state index contributed by atoms with van der Waals surface area (Å²) in [6, 6.07) is 18.8. The quantitative estimate of drug-likeness (QED) is 0.276. The topological polar surface area (TPSA) is 108 Å². The Bertz CT molecular complexity index is 1260. The van der Waals surface area contributed by atoms with Crippen LogP contribution in [0.2, 0.25) is 5.02 Å². The summed E-state index contributed by atoms with van der Waals surface area (Å²) in [6.07, 6.45) is 3.08. The highest BCUT2D eigenvalue weighted by Gasteiger charge is 2.12. The summed E-state index contributed by atoms with van der Waals surface area (Å²) in [4.78, 5) is 4.29. The number of nitrogens with two attached hydrogens (primary N) is 2. The van der Waals surface area contributed by atoms with Crippen LogP contribution in [0.5, 0.6) is 11.5 Å². The van der Waals surface area contributed by atoms with Gasteiger partial charge < -0.3 is 24.9 Å². The fourth-order valence-corrected chi connectivity index (χ4v) is 3.33. The number of nitrogens with zero attached hydrogens (tertiary/aromatic N) is 1. The summed E-state index contributed by atoms with van der Waals surface area (Å²) in [7, 11) is 1.59. The van der Waals surface area contributed by atoms with E-state index in [1.807, 2.05) is 54.6 Å². The second kappa shape index (κ2) is 9.45. The molecular weight excluding hydrogens is 428 g/mol. The van der Waals surface area contributed by atoms with Crippen LogP contribution in [0.25, 0.3) is 11.3 Å². The number of rotatable bonds is 8. The first-order chi connectivity index (χ1) is 15.6. The molecule has 0 radical (unpaired) electrons. The first kappa shape index (κ1) is 21.3. The van der Waals surface area contributed by atoms with Gasteiger partial charge in [0.05, 0.1) is 18.9 Å². The van der Waals surface area contributed by atoms with E-state index in [4.69, 9.17) is 36.6 Å². The fourth-order valence-electron chi connectivity index (χ4n) is 3.11. The molecule has 3 aromatic carbocycles. The lowest BCUT2D eigenvalue weighted by Gasteiger charge is -2.12. The third-order valence-corrected chi connectivity index (χ3v) is 4.99. The third-order valence-electron chi connectivity index (χ3n) is 4.75. The Balaban J connectivity index is 1.49. The molecule has 0 aliphatic carbocycles. The minimum absolute atomic E-state index is 0.341. The average molecular weight is 450 g/mol. The van der Waals surface area contributed by atoms with Crippen molar-refractivity contribution in [2.75, 3.05) is 18.2 Å². The number of benzene rings is 3. The number of ether oxygens (including phenoxy) is 2. The van der Waals surface area contributed by atoms with Crippen LogP contribution in [0.1, 0.15) is 11.1 Å². The number of oxazole rings is 1. The molecule has 0 aliphatic rings. The van der Waals surface area contributed by atoms with Gasteiger partial charge in [-0.2, -0.15) is 0 Å². The molecule has 0 atom stereocenters. The molecule has 0 spiro atoms. The molecule has 1 aromatic heterocycles. The molecule has 0 unspecified atom stereocenters. The summed E-state index contributed by atoms with van der Waals surface area (Å²) >= 11 is 6.03. The predicted octanol–water partition coefficient (Wildman–Crippen LogP) is 4.09. The maximum absolute atomic E-state index is 6.03. The lowest BCUT2D eigenvalue weighted by atomic mass is 10.1. The van der Waals surface area contributed by atoms with E-state index in [1.54, 1.807) is 19.4 Å². The highest BCUT2D eigenvalue weighted by Crippen LogP contribution is 2.34. The summed E-state index contributed by atoms with van der Waals surface area (Å²) in [6.45, 7) is 0.371. The van der Waals surface area contributed by atoms with Crippen LogP contribution in [-0.2, 0) is 6.61 Å². The molecule has 5 N–H and O–H groups in total. The summed E-state index contributed by atoms with van der Waals surface area (Å²) < 4.78 is 17.3. The summed E-state index contributed by atoms with van der Waals surface area (Å²) in [5, 5.41) is 9.36. The molecule has 0 bridgehead atoms. The Labute approximate surface area is 190 Å². The molecule has 32 heavy (non-hydrogen) atoms. The van der Waals surface area contributed by atoms with Crippen LogP contribution in [-0.4, -0.2) is 18.3 Å². The normalized spacial score (nSPS) is 10.6. The SMILES string of the molecule is COc1cc(-c2cnc(Nc3ccc(N)c(C=[NH2+])c3)o2)ccc1OCc1cccc(Cl)c1. The lowest BCUT2D eigenvalue weighted by molar-refractivity contribution is -0.104. The zero-order valence-electron chi connectivity index (χ0n) is 17.3. The van der Waals surface area contributed by atoms with Gasteiger partial charge in [-0.15, -0.1) is 0 Å². The molecule has 8 heteroatoms. The number of anilines is 3. The second-order valence-electron chi connectivity index (χ2n) is 6.95. The highest BCUT2D eigenvalue weighted by molar-refractivity contribution is 6.30. The van der Waals surface area contributed by atoms with Gasteiger partial charge in [0, 0.05) is 22.0 Å². The predicted molar refractivity (Wildman–Crippen MR) is 126 cm³/mol. The van der Waals surface area contributed by atoms with Crippen molar-refractivity contribution in [3.05, 3.63) is 83.0 Å². The van der Waals surface area contributed by atoms with E-state index < -0.39 is 0 Å². The Morgan fingerprint density at radius 1 is 1.12 bits per heavy atom. The standard InChI is InChI=1S/C24H21ClN4O3/c1-30-22-11-16(5-8-21(22)31-14-15-3-2-4-18(25)9-15)23-13-28-24(32-23)29-19-6-7-20(27)17(10-19)12-26/h2-13,26H,14,27H2,1H3,(H,28,29)/p+1. The van der Waals surface area contributed by atoms with Crippen molar-refractivity contribution < 1.29 is 19.3 Å². The molecule has 4 rings (SSSR count). The molecule has 0 fully saturated rings. The van der Waals surface area contributed by atoms with Gasteiger partial charge in [0.15, 0.2) is 23.5 Å². The van der Waals surface area contributed by atoms with E-state index in [0.717, 1.165) is 22.4 Å². The number of hydrogen-bond donors (Lipinski definition) is 3. The maximum atomic E-state index is 6.03. The maximum Gasteiger partial charge on any atom is 0.299 e. The number of halogens is 1. The van der Waals surface area contributed by atoms with Crippen molar-refractivity contribution in [2.24, 2.45) is 0 Å². The Morgan fingerprint density at radius 3 is 2.78 bits per heavy atom. The third kappa shape index (κ3) is 4.84. The van der Waals surface area contributed by atoms with Crippen LogP contribution in [0.15, 0.2) is 71.3 Å². The second-order valence-corrected chi connectivity index (χ2v) is 7.39. The first-order valence-electron chi connectivity index (χ1n) is 9.78. The molecular formula is C24H22ClN4O3+. The van der Waals surface area contributed by atoms with Crippen molar-refractivity contribution >= 4 is 35.2 Å². The van der Waals surface area contributed by atoms with Crippen LogP contribution in [0.3, 0.4) is 0 Å². The largest absolute Gasteiger partial charge is 0.493 e. The van der Waals surface area contributed by atoms with E-state index in [0.29, 0.717) is 40.6 Å². The first-order valence-corrected chi connectivity index (χ1v) is 10.2. The number of aromatic nitrogens is 1. The number of nitrogens with one attached hydrogen (secondary N) is 1. The van der Waals surface area contributed by atoms with Crippen LogP contribution in [0.4, 0.5) is 17.4 Å². The van der Waals surface area contributed by atoms with E-state index in [2.05, 4.69) is 10.3 Å². The van der Waals surface area contributed by atoms with Crippen LogP contribution < -0.4 is 25.9 Å². The van der Waals surface area contributed by atoms with Crippen molar-refractivity contribution in [1.82, 2.24) is 4.98 Å². The zero-order chi connectivity index (χ0) is 22.5. The van der Waals surface area contributed by atoms with Gasteiger partial charge >= 0.3 is 0 Å². The minimum atomic E-state index is 0.341. The fraction of sp³-hybridized carbons (Fsp3) is 0.0833. The van der Waals surface area contributed by atoms with E-state index in [1.165, 1.54) is 6.21 Å². The smallest absolute Gasteiger partial charge is 0.299 e. The van der Waals surface area contributed by atoms with Gasteiger partial charge in [-0.3, -0.25) is 5.41 Å². The van der Waals surface area contributed by atoms with Crippen molar-refractivity contribution in [2.45, 2.75) is 6.61 Å². The van der Waals surface area contributed by atoms with Crippen molar-refractivity contribution in [3.8, 4) is 22.8 Å². The van der Waals surface area contributed by atoms with Crippen LogP contribution in [0, 0.1) is 0 Å². The molecule has 1 heterocycles. The van der Waals surface area contributed by atoms with Gasteiger partial charge in [0.2, 0.25) is 0 Å². The van der Waals surface area contributed by atoms with E-state index >= 15 is 0 Å². The molecule has 162 valence electrons. The van der Waals surface area contributed by atoms with Gasteiger partial charge in [-0.1, -0.05) is 23.7 Å². The molecule has 7 nitrogen and oxygen atoms in total. The van der Waals surface area contributed by atoms with Gasteiger partial charge in [-0.25, -0.2) is 4.98 Å². The summed E-state index contributed by atoms with van der Waals surface area (Å²) in [5.74, 6) is 1.77.